The van der Waals surface area contributed by atoms with Crippen LogP contribution < -0.4 is 5.32 Å². The number of urea groups is 1. The van der Waals surface area contributed by atoms with Gasteiger partial charge < -0.3 is 14.3 Å². The Morgan fingerprint density at radius 2 is 2.00 bits per heavy atom. The van der Waals surface area contributed by atoms with Gasteiger partial charge in [-0.2, -0.15) is 4.98 Å². The summed E-state index contributed by atoms with van der Waals surface area (Å²) in [5.41, 5.74) is 0.819. The lowest BCUT2D eigenvalue weighted by Gasteiger charge is -2.29. The highest BCUT2D eigenvalue weighted by molar-refractivity contribution is 6.03. The van der Waals surface area contributed by atoms with Crippen LogP contribution in [0.5, 0.6) is 0 Å². The molecule has 2 aliphatic rings. The van der Waals surface area contributed by atoms with Crippen molar-refractivity contribution in [3.05, 3.63) is 36.2 Å². The SMILES string of the molecule is O=C1CN(CC(=O)N2CCCCC[C@@H]2c2noc(-c3ccccc3)n2)C(=O)N1. The van der Waals surface area contributed by atoms with Gasteiger partial charge in [0.2, 0.25) is 11.8 Å². The first-order valence-electron chi connectivity index (χ1n) is 9.39. The average molecular weight is 383 g/mol. The molecule has 4 amide bonds. The minimum Gasteiger partial charge on any atom is -0.334 e. The van der Waals surface area contributed by atoms with Crippen molar-refractivity contribution in [1.29, 1.82) is 0 Å². The van der Waals surface area contributed by atoms with Crippen molar-refractivity contribution in [2.45, 2.75) is 31.7 Å². The summed E-state index contributed by atoms with van der Waals surface area (Å²) in [6.07, 6.45) is 3.56. The maximum atomic E-state index is 12.9. The number of nitrogens with zero attached hydrogens (tertiary/aromatic N) is 4. The molecule has 0 unspecified atom stereocenters. The maximum Gasteiger partial charge on any atom is 0.325 e. The molecule has 2 saturated heterocycles. The van der Waals surface area contributed by atoms with Crippen molar-refractivity contribution in [1.82, 2.24) is 25.3 Å². The Hall–Kier alpha value is -3.23. The lowest BCUT2D eigenvalue weighted by atomic mass is 10.1. The van der Waals surface area contributed by atoms with Crippen LogP contribution in [0.25, 0.3) is 11.5 Å². The Bertz CT molecular complexity index is 881. The highest BCUT2D eigenvalue weighted by Crippen LogP contribution is 2.30. The van der Waals surface area contributed by atoms with Crippen LogP contribution >= 0.6 is 0 Å². The number of benzene rings is 1. The molecule has 146 valence electrons. The molecule has 2 fully saturated rings. The van der Waals surface area contributed by atoms with Crippen molar-refractivity contribution in [2.24, 2.45) is 0 Å². The minimum absolute atomic E-state index is 0.0938. The molecule has 1 atom stereocenters. The molecule has 4 rings (SSSR count). The van der Waals surface area contributed by atoms with Gasteiger partial charge in [0, 0.05) is 12.1 Å². The van der Waals surface area contributed by atoms with Gasteiger partial charge >= 0.3 is 6.03 Å². The monoisotopic (exact) mass is 383 g/mol. The van der Waals surface area contributed by atoms with E-state index >= 15 is 0 Å². The van der Waals surface area contributed by atoms with Gasteiger partial charge in [0.1, 0.15) is 13.1 Å². The molecule has 3 heterocycles. The molecule has 28 heavy (non-hydrogen) atoms. The van der Waals surface area contributed by atoms with Crippen LogP contribution in [0.15, 0.2) is 34.9 Å². The summed E-state index contributed by atoms with van der Waals surface area (Å²) in [6.45, 7) is 0.322. The molecular formula is C19H21N5O4. The number of amides is 4. The highest BCUT2D eigenvalue weighted by atomic mass is 16.5. The number of rotatable bonds is 4. The van der Waals surface area contributed by atoms with Crippen LogP contribution in [0.3, 0.4) is 0 Å². The third kappa shape index (κ3) is 3.73. The molecule has 0 aliphatic carbocycles. The van der Waals surface area contributed by atoms with E-state index in [9.17, 15) is 14.4 Å². The lowest BCUT2D eigenvalue weighted by Crippen LogP contribution is -2.43. The van der Waals surface area contributed by atoms with Crippen LogP contribution in [-0.4, -0.2) is 57.4 Å². The molecule has 2 aromatic rings. The van der Waals surface area contributed by atoms with Crippen LogP contribution in [0.2, 0.25) is 0 Å². The number of carbonyl (C=O) groups excluding carboxylic acids is 3. The van der Waals surface area contributed by atoms with Crippen molar-refractivity contribution >= 4 is 17.8 Å². The number of carbonyl (C=O) groups is 3. The summed E-state index contributed by atoms with van der Waals surface area (Å²) in [7, 11) is 0. The summed E-state index contributed by atoms with van der Waals surface area (Å²) in [6, 6.07) is 8.62. The predicted molar refractivity (Wildman–Crippen MR) is 97.8 cm³/mol. The number of aromatic nitrogens is 2. The van der Waals surface area contributed by atoms with E-state index in [2.05, 4.69) is 15.5 Å². The Labute approximate surface area is 161 Å². The number of imide groups is 1. The molecule has 9 heteroatoms. The fourth-order valence-electron chi connectivity index (χ4n) is 3.61. The van der Waals surface area contributed by atoms with E-state index < -0.39 is 11.9 Å². The lowest BCUT2D eigenvalue weighted by molar-refractivity contribution is -0.134. The Balaban J connectivity index is 1.54. The largest absolute Gasteiger partial charge is 0.334 e. The van der Waals surface area contributed by atoms with Gasteiger partial charge in [-0.1, -0.05) is 36.2 Å². The number of likely N-dealkylation sites (tertiary alicyclic amines) is 1. The Morgan fingerprint density at radius 3 is 2.75 bits per heavy atom. The summed E-state index contributed by atoms with van der Waals surface area (Å²) < 4.78 is 5.42. The zero-order valence-electron chi connectivity index (χ0n) is 15.3. The third-order valence-electron chi connectivity index (χ3n) is 5.03. The van der Waals surface area contributed by atoms with Crippen LogP contribution in [0.4, 0.5) is 4.79 Å². The molecule has 9 nitrogen and oxygen atoms in total. The highest BCUT2D eigenvalue weighted by Gasteiger charge is 2.34. The molecule has 0 bridgehead atoms. The molecule has 0 radical (unpaired) electrons. The molecule has 0 spiro atoms. The van der Waals surface area contributed by atoms with E-state index in [0.29, 0.717) is 18.3 Å². The van der Waals surface area contributed by atoms with E-state index in [1.165, 1.54) is 4.90 Å². The van der Waals surface area contributed by atoms with Crippen molar-refractivity contribution in [3.8, 4) is 11.5 Å². The van der Waals surface area contributed by atoms with Gasteiger partial charge in [-0.05, 0) is 25.0 Å². The third-order valence-corrected chi connectivity index (χ3v) is 5.03. The number of nitrogens with one attached hydrogen (secondary N) is 1. The van der Waals surface area contributed by atoms with E-state index in [1.807, 2.05) is 30.3 Å². The van der Waals surface area contributed by atoms with Crippen LogP contribution in [-0.2, 0) is 9.59 Å². The molecule has 2 aliphatic heterocycles. The summed E-state index contributed by atoms with van der Waals surface area (Å²) in [4.78, 5) is 43.5. The first kappa shape index (κ1) is 18.1. The summed E-state index contributed by atoms with van der Waals surface area (Å²) in [5.74, 6) is 0.270. The molecule has 0 saturated carbocycles. The first-order valence-corrected chi connectivity index (χ1v) is 9.39. The second-order valence-corrected chi connectivity index (χ2v) is 6.99. The topological polar surface area (TPSA) is 109 Å². The second-order valence-electron chi connectivity index (χ2n) is 6.99. The minimum atomic E-state index is -0.532. The average Bonchev–Trinajstić information content (AvgIpc) is 3.21. The maximum absolute atomic E-state index is 12.9. The summed E-state index contributed by atoms with van der Waals surface area (Å²) in [5, 5.41) is 6.31. The van der Waals surface area contributed by atoms with Gasteiger partial charge in [0.25, 0.3) is 5.89 Å². The fourth-order valence-corrected chi connectivity index (χ4v) is 3.61. The smallest absolute Gasteiger partial charge is 0.325 e. The van der Waals surface area contributed by atoms with E-state index in [-0.39, 0.29) is 25.0 Å². The normalized spacial score (nSPS) is 20.2. The number of hydrogen-bond donors (Lipinski definition) is 1. The predicted octanol–water partition coefficient (Wildman–Crippen LogP) is 1.73. The van der Waals surface area contributed by atoms with E-state index in [4.69, 9.17) is 4.52 Å². The molecule has 1 aromatic carbocycles. The number of hydrogen-bond acceptors (Lipinski definition) is 6. The van der Waals surface area contributed by atoms with Crippen molar-refractivity contribution < 1.29 is 18.9 Å². The van der Waals surface area contributed by atoms with Crippen LogP contribution in [0.1, 0.15) is 37.5 Å². The Morgan fingerprint density at radius 1 is 1.18 bits per heavy atom. The second kappa shape index (κ2) is 7.79. The molecule has 1 N–H and O–H groups in total. The molecular weight excluding hydrogens is 362 g/mol. The fraction of sp³-hybridized carbons (Fsp3) is 0.421. The van der Waals surface area contributed by atoms with Crippen molar-refractivity contribution in [2.75, 3.05) is 19.6 Å². The van der Waals surface area contributed by atoms with Gasteiger partial charge in [-0.15, -0.1) is 0 Å². The van der Waals surface area contributed by atoms with Gasteiger partial charge in [-0.25, -0.2) is 4.79 Å². The van der Waals surface area contributed by atoms with Gasteiger partial charge in [0.05, 0.1) is 6.04 Å². The summed E-state index contributed by atoms with van der Waals surface area (Å²) >= 11 is 0. The van der Waals surface area contributed by atoms with E-state index in [1.54, 1.807) is 4.90 Å². The molecule has 1 aromatic heterocycles. The first-order chi connectivity index (χ1) is 13.6. The van der Waals surface area contributed by atoms with Crippen LogP contribution in [0, 0.1) is 0 Å². The standard InChI is InChI=1S/C19H21N5O4/c25-15-11-23(19(27)20-15)12-16(26)24-10-6-2-5-9-14(24)17-21-18(28-22-17)13-7-3-1-4-8-13/h1,3-4,7-8,14H,2,5-6,9-12H2,(H,20,25,27)/t14-/m1/s1. The Kier molecular flexibility index (Phi) is 5.05. The van der Waals surface area contributed by atoms with Gasteiger partial charge in [-0.3, -0.25) is 14.9 Å². The zero-order valence-corrected chi connectivity index (χ0v) is 15.3. The van der Waals surface area contributed by atoms with E-state index in [0.717, 1.165) is 31.2 Å². The zero-order chi connectivity index (χ0) is 19.5. The quantitative estimate of drug-likeness (QED) is 0.806. The van der Waals surface area contributed by atoms with Gasteiger partial charge in [0.15, 0.2) is 5.82 Å². The van der Waals surface area contributed by atoms with Crippen molar-refractivity contribution in [3.63, 3.8) is 0 Å².